The Labute approximate surface area is 113 Å². The van der Waals surface area contributed by atoms with Crippen LogP contribution in [0, 0.1) is 0 Å². The Hall–Kier alpha value is -2.24. The smallest absolute Gasteiger partial charge is 0.211 e. The number of hydrogen-bond donors (Lipinski definition) is 2. The fraction of sp³-hybridized carbons (Fsp3) is 0.385. The van der Waals surface area contributed by atoms with Crippen molar-refractivity contribution in [2.24, 2.45) is 21.7 Å². The van der Waals surface area contributed by atoms with E-state index in [1.807, 2.05) is 32.0 Å². The fourth-order valence-electron chi connectivity index (χ4n) is 1.36. The molecular formula is C13H20N4O2. The summed E-state index contributed by atoms with van der Waals surface area (Å²) in [6, 6.07) is 5.53. The summed E-state index contributed by atoms with van der Waals surface area (Å²) in [4.78, 5) is 0. The predicted molar refractivity (Wildman–Crippen MR) is 76.8 cm³/mol. The van der Waals surface area contributed by atoms with Crippen LogP contribution in [-0.4, -0.2) is 25.4 Å². The second-order valence-corrected chi connectivity index (χ2v) is 3.98. The van der Waals surface area contributed by atoms with Crippen LogP contribution in [0.4, 0.5) is 0 Å². The van der Waals surface area contributed by atoms with Gasteiger partial charge in [-0.05, 0) is 25.5 Å². The molecule has 104 valence electrons. The van der Waals surface area contributed by atoms with Gasteiger partial charge in [-0.1, -0.05) is 13.0 Å². The normalized spacial score (nSPS) is 12.2. The van der Waals surface area contributed by atoms with Crippen LogP contribution in [-0.2, 0) is 0 Å². The number of para-hydroxylation sites is 1. The monoisotopic (exact) mass is 264 g/mol. The van der Waals surface area contributed by atoms with Gasteiger partial charge in [0, 0.05) is 5.56 Å². The molecule has 0 saturated heterocycles. The van der Waals surface area contributed by atoms with Crippen LogP contribution in [0.15, 0.2) is 28.4 Å². The predicted octanol–water partition coefficient (Wildman–Crippen LogP) is 1.48. The van der Waals surface area contributed by atoms with Gasteiger partial charge in [0.25, 0.3) is 0 Å². The zero-order valence-corrected chi connectivity index (χ0v) is 11.5. The van der Waals surface area contributed by atoms with E-state index in [4.69, 9.17) is 20.9 Å². The van der Waals surface area contributed by atoms with Crippen LogP contribution in [0.25, 0.3) is 0 Å². The van der Waals surface area contributed by atoms with Crippen molar-refractivity contribution in [3.05, 3.63) is 23.8 Å². The van der Waals surface area contributed by atoms with Gasteiger partial charge in [0.1, 0.15) is 0 Å². The summed E-state index contributed by atoms with van der Waals surface area (Å²) in [6.45, 7) is 4.04. The molecular weight excluding hydrogens is 244 g/mol. The summed E-state index contributed by atoms with van der Waals surface area (Å²) in [5.41, 5.74) is 11.2. The van der Waals surface area contributed by atoms with E-state index in [1.165, 1.54) is 6.21 Å². The van der Waals surface area contributed by atoms with E-state index in [0.717, 1.165) is 12.0 Å². The molecule has 0 aromatic heterocycles. The van der Waals surface area contributed by atoms with E-state index >= 15 is 0 Å². The molecule has 1 aromatic rings. The largest absolute Gasteiger partial charge is 0.493 e. The van der Waals surface area contributed by atoms with Crippen LogP contribution in [0.1, 0.15) is 25.8 Å². The van der Waals surface area contributed by atoms with Crippen molar-refractivity contribution >= 4 is 12.2 Å². The highest BCUT2D eigenvalue weighted by atomic mass is 16.5. The third kappa shape index (κ3) is 4.50. The number of methoxy groups -OCH3 is 1. The molecule has 4 N–H and O–H groups in total. The molecule has 6 nitrogen and oxygen atoms in total. The maximum absolute atomic E-state index is 5.85. The Morgan fingerprint density at radius 1 is 1.42 bits per heavy atom. The minimum absolute atomic E-state index is 0.0755. The average molecular weight is 264 g/mol. The van der Waals surface area contributed by atoms with Gasteiger partial charge in [-0.3, -0.25) is 0 Å². The Morgan fingerprint density at radius 3 is 2.74 bits per heavy atom. The first-order valence-electron chi connectivity index (χ1n) is 6.04. The van der Waals surface area contributed by atoms with Gasteiger partial charge in [0.15, 0.2) is 11.5 Å². The SMILES string of the molecule is CCC(C)Oc1c(C=NN=C(N)N)cccc1OC. The second kappa shape index (κ2) is 7.25. The lowest BCUT2D eigenvalue weighted by atomic mass is 10.2. The molecule has 1 aromatic carbocycles. The van der Waals surface area contributed by atoms with Gasteiger partial charge in [-0.15, -0.1) is 5.10 Å². The van der Waals surface area contributed by atoms with Crippen LogP contribution in [0.2, 0.25) is 0 Å². The van der Waals surface area contributed by atoms with Crippen molar-refractivity contribution in [3.63, 3.8) is 0 Å². The molecule has 6 heteroatoms. The number of benzene rings is 1. The molecule has 0 aliphatic carbocycles. The summed E-state index contributed by atoms with van der Waals surface area (Å²) < 4.78 is 11.1. The Balaban J connectivity index is 3.08. The lowest BCUT2D eigenvalue weighted by Crippen LogP contribution is -2.21. The summed E-state index contributed by atoms with van der Waals surface area (Å²) in [5, 5.41) is 7.35. The molecule has 0 fully saturated rings. The van der Waals surface area contributed by atoms with E-state index in [-0.39, 0.29) is 12.1 Å². The third-order valence-corrected chi connectivity index (χ3v) is 2.49. The molecule has 0 radical (unpaired) electrons. The number of ether oxygens (including phenoxy) is 2. The standard InChI is InChI=1S/C13H20N4O2/c1-4-9(2)19-12-10(8-16-17-13(14)15)6-5-7-11(12)18-3/h5-9H,4H2,1-3H3,(H4,14,15,17). The van der Waals surface area contributed by atoms with Crippen molar-refractivity contribution < 1.29 is 9.47 Å². The highest BCUT2D eigenvalue weighted by Crippen LogP contribution is 2.31. The molecule has 19 heavy (non-hydrogen) atoms. The van der Waals surface area contributed by atoms with Gasteiger partial charge in [0.05, 0.1) is 19.4 Å². The van der Waals surface area contributed by atoms with E-state index < -0.39 is 0 Å². The fourth-order valence-corrected chi connectivity index (χ4v) is 1.36. The minimum atomic E-state index is -0.0939. The van der Waals surface area contributed by atoms with Crippen LogP contribution < -0.4 is 20.9 Å². The number of hydrogen-bond acceptors (Lipinski definition) is 4. The molecule has 1 atom stereocenters. The van der Waals surface area contributed by atoms with Gasteiger partial charge in [0.2, 0.25) is 5.96 Å². The maximum atomic E-state index is 5.85. The molecule has 0 saturated carbocycles. The summed E-state index contributed by atoms with van der Waals surface area (Å²) in [5.74, 6) is 1.19. The number of nitrogens with zero attached hydrogens (tertiary/aromatic N) is 2. The quantitative estimate of drug-likeness (QED) is 0.462. The lowest BCUT2D eigenvalue weighted by Gasteiger charge is -2.17. The van der Waals surface area contributed by atoms with Crippen LogP contribution in [0.5, 0.6) is 11.5 Å². The summed E-state index contributed by atoms with van der Waals surface area (Å²) >= 11 is 0. The molecule has 0 aliphatic rings. The third-order valence-electron chi connectivity index (χ3n) is 2.49. The van der Waals surface area contributed by atoms with Gasteiger partial charge in [-0.25, -0.2) is 0 Å². The second-order valence-electron chi connectivity index (χ2n) is 3.98. The topological polar surface area (TPSA) is 95.2 Å². The molecule has 0 spiro atoms. The molecule has 1 rings (SSSR count). The molecule has 0 heterocycles. The van der Waals surface area contributed by atoms with Crippen LogP contribution >= 0.6 is 0 Å². The molecule has 0 amide bonds. The molecule has 0 aliphatic heterocycles. The Morgan fingerprint density at radius 2 is 2.16 bits per heavy atom. The first kappa shape index (κ1) is 14.8. The summed E-state index contributed by atoms with van der Waals surface area (Å²) in [6.07, 6.45) is 2.49. The summed E-state index contributed by atoms with van der Waals surface area (Å²) in [7, 11) is 1.59. The zero-order chi connectivity index (χ0) is 14.3. The lowest BCUT2D eigenvalue weighted by molar-refractivity contribution is 0.207. The van der Waals surface area contributed by atoms with E-state index in [2.05, 4.69) is 10.2 Å². The Kier molecular flexibility index (Phi) is 5.66. The first-order chi connectivity index (χ1) is 9.08. The highest BCUT2D eigenvalue weighted by molar-refractivity contribution is 5.86. The van der Waals surface area contributed by atoms with E-state index in [1.54, 1.807) is 7.11 Å². The van der Waals surface area contributed by atoms with Crippen molar-refractivity contribution in [1.29, 1.82) is 0 Å². The van der Waals surface area contributed by atoms with Gasteiger partial charge in [-0.2, -0.15) is 5.10 Å². The number of rotatable bonds is 6. The van der Waals surface area contributed by atoms with E-state index in [0.29, 0.717) is 11.5 Å². The van der Waals surface area contributed by atoms with Gasteiger partial charge < -0.3 is 20.9 Å². The maximum Gasteiger partial charge on any atom is 0.211 e. The van der Waals surface area contributed by atoms with Crippen molar-refractivity contribution in [2.75, 3.05) is 7.11 Å². The minimum Gasteiger partial charge on any atom is -0.493 e. The highest BCUT2D eigenvalue weighted by Gasteiger charge is 2.11. The van der Waals surface area contributed by atoms with E-state index in [9.17, 15) is 0 Å². The van der Waals surface area contributed by atoms with Gasteiger partial charge >= 0.3 is 0 Å². The Bertz CT molecular complexity index is 468. The number of nitrogens with two attached hydrogens (primary N) is 2. The van der Waals surface area contributed by atoms with Crippen molar-refractivity contribution in [2.45, 2.75) is 26.4 Å². The van der Waals surface area contributed by atoms with Crippen molar-refractivity contribution in [1.82, 2.24) is 0 Å². The first-order valence-corrected chi connectivity index (χ1v) is 6.04. The number of guanidine groups is 1. The van der Waals surface area contributed by atoms with Crippen molar-refractivity contribution in [3.8, 4) is 11.5 Å². The zero-order valence-electron chi connectivity index (χ0n) is 11.5. The average Bonchev–Trinajstić information content (AvgIpc) is 2.39. The molecule has 0 bridgehead atoms. The van der Waals surface area contributed by atoms with Crippen LogP contribution in [0.3, 0.4) is 0 Å². The molecule has 1 unspecified atom stereocenters.